The number of carboxylic acids is 1. The minimum atomic E-state index is -0.708. The summed E-state index contributed by atoms with van der Waals surface area (Å²) in [6.07, 6.45) is 2.67. The van der Waals surface area contributed by atoms with Gasteiger partial charge in [0.15, 0.2) is 0 Å². The van der Waals surface area contributed by atoms with Crippen LogP contribution < -0.4 is 0 Å². The highest BCUT2D eigenvalue weighted by molar-refractivity contribution is 5.67. The quantitative estimate of drug-likeness (QED) is 0.695. The highest BCUT2D eigenvalue weighted by Gasteiger charge is 2.23. The second-order valence-corrected chi connectivity index (χ2v) is 6.01. The average Bonchev–Trinajstić information content (AvgIpc) is 1.98. The average molecular weight is 229 g/mol. The molecule has 0 bridgehead atoms. The molecule has 0 aliphatic carbocycles. The molecule has 0 heterocycles. The summed E-state index contributed by atoms with van der Waals surface area (Å²) in [5.74, 6) is 0.0426. The van der Waals surface area contributed by atoms with Gasteiger partial charge in [0.2, 0.25) is 0 Å². The molecule has 0 atom stereocenters. The summed E-state index contributed by atoms with van der Waals surface area (Å²) in [5.41, 5.74) is -0.140. The van der Waals surface area contributed by atoms with Gasteiger partial charge >= 0.3 is 5.97 Å². The Balaban J connectivity index is 3.84. The van der Waals surface area contributed by atoms with E-state index in [1.807, 2.05) is 13.8 Å². The Labute approximate surface area is 99.8 Å². The highest BCUT2D eigenvalue weighted by atomic mass is 16.4. The zero-order valence-corrected chi connectivity index (χ0v) is 11.4. The first-order valence-electron chi connectivity index (χ1n) is 6.13. The molecule has 3 heteroatoms. The van der Waals surface area contributed by atoms with Crippen LogP contribution in [0.15, 0.2) is 0 Å². The van der Waals surface area contributed by atoms with Crippen LogP contribution in [0.1, 0.15) is 47.0 Å². The van der Waals surface area contributed by atoms with Crippen LogP contribution in [0, 0.1) is 11.3 Å². The Hall–Kier alpha value is -0.570. The van der Waals surface area contributed by atoms with Gasteiger partial charge in [0.25, 0.3) is 0 Å². The zero-order chi connectivity index (χ0) is 12.8. The van der Waals surface area contributed by atoms with E-state index >= 15 is 0 Å². The fraction of sp³-hybridized carbons (Fsp3) is 0.923. The van der Waals surface area contributed by atoms with E-state index in [4.69, 9.17) is 5.11 Å². The van der Waals surface area contributed by atoms with E-state index in [0.717, 1.165) is 19.0 Å². The van der Waals surface area contributed by atoms with Gasteiger partial charge in [-0.05, 0) is 37.8 Å². The number of hydrogen-bond donors (Lipinski definition) is 1. The van der Waals surface area contributed by atoms with E-state index in [0.29, 0.717) is 0 Å². The van der Waals surface area contributed by atoms with Crippen molar-refractivity contribution in [3.8, 4) is 0 Å². The molecule has 0 aromatic carbocycles. The molecule has 0 aromatic heterocycles. The first-order valence-corrected chi connectivity index (χ1v) is 6.13. The van der Waals surface area contributed by atoms with Gasteiger partial charge in [-0.2, -0.15) is 0 Å². The van der Waals surface area contributed by atoms with E-state index in [9.17, 15) is 4.79 Å². The second-order valence-electron chi connectivity index (χ2n) is 6.01. The molecule has 0 fully saturated rings. The molecule has 0 rings (SSSR count). The third kappa shape index (κ3) is 8.72. The molecule has 0 radical (unpaired) electrons. The highest BCUT2D eigenvalue weighted by Crippen LogP contribution is 2.21. The maximum absolute atomic E-state index is 10.7. The van der Waals surface area contributed by atoms with E-state index in [1.165, 1.54) is 12.8 Å². The van der Waals surface area contributed by atoms with E-state index in [1.54, 1.807) is 0 Å². The number of rotatable bonds is 8. The van der Waals surface area contributed by atoms with Crippen LogP contribution in [0.2, 0.25) is 0 Å². The maximum atomic E-state index is 10.7. The van der Waals surface area contributed by atoms with Crippen LogP contribution in [0.4, 0.5) is 0 Å². The number of hydrogen-bond acceptors (Lipinski definition) is 2. The minimum Gasteiger partial charge on any atom is -0.481 e. The van der Waals surface area contributed by atoms with Gasteiger partial charge in [-0.1, -0.05) is 27.7 Å². The molecule has 16 heavy (non-hydrogen) atoms. The molecule has 0 spiro atoms. The predicted octanol–water partition coefficient (Wildman–Crippen LogP) is 2.86. The van der Waals surface area contributed by atoms with Crippen molar-refractivity contribution in [1.29, 1.82) is 0 Å². The Kier molecular flexibility index (Phi) is 6.65. The fourth-order valence-corrected chi connectivity index (χ4v) is 2.04. The van der Waals surface area contributed by atoms with Crippen molar-refractivity contribution in [2.45, 2.75) is 47.0 Å². The number of nitrogens with zero attached hydrogens (tertiary/aromatic N) is 1. The Morgan fingerprint density at radius 2 is 1.94 bits per heavy atom. The summed E-state index contributed by atoms with van der Waals surface area (Å²) >= 11 is 0. The van der Waals surface area contributed by atoms with Crippen molar-refractivity contribution in [3.63, 3.8) is 0 Å². The summed E-state index contributed by atoms with van der Waals surface area (Å²) in [4.78, 5) is 12.9. The van der Waals surface area contributed by atoms with Crippen molar-refractivity contribution in [2.75, 3.05) is 20.1 Å². The SMILES string of the molecule is CC(C)CCCN(C)CC(C)(C)CC(=O)O. The van der Waals surface area contributed by atoms with Crippen LogP contribution in [0.3, 0.4) is 0 Å². The van der Waals surface area contributed by atoms with Gasteiger partial charge < -0.3 is 10.0 Å². The van der Waals surface area contributed by atoms with Crippen LogP contribution in [0.25, 0.3) is 0 Å². The summed E-state index contributed by atoms with van der Waals surface area (Å²) in [6.45, 7) is 10.4. The van der Waals surface area contributed by atoms with Crippen LogP contribution in [-0.2, 0) is 4.79 Å². The Morgan fingerprint density at radius 3 is 2.38 bits per heavy atom. The van der Waals surface area contributed by atoms with Gasteiger partial charge in [0.1, 0.15) is 0 Å². The van der Waals surface area contributed by atoms with Crippen LogP contribution in [-0.4, -0.2) is 36.1 Å². The van der Waals surface area contributed by atoms with Crippen molar-refractivity contribution >= 4 is 5.97 Å². The summed E-state index contributed by atoms with van der Waals surface area (Å²) in [6, 6.07) is 0. The Bertz CT molecular complexity index is 212. The first-order chi connectivity index (χ1) is 7.23. The third-order valence-electron chi connectivity index (χ3n) is 2.65. The summed E-state index contributed by atoms with van der Waals surface area (Å²) in [5, 5.41) is 8.79. The van der Waals surface area contributed by atoms with Gasteiger partial charge in [-0.25, -0.2) is 0 Å². The first kappa shape index (κ1) is 15.4. The molecule has 1 N–H and O–H groups in total. The van der Waals surface area contributed by atoms with Crippen molar-refractivity contribution in [2.24, 2.45) is 11.3 Å². The minimum absolute atomic E-state index is 0.140. The largest absolute Gasteiger partial charge is 0.481 e. The lowest BCUT2D eigenvalue weighted by Crippen LogP contribution is -2.33. The lowest BCUT2D eigenvalue weighted by molar-refractivity contribution is -0.139. The maximum Gasteiger partial charge on any atom is 0.303 e. The number of carboxylic acid groups (broad SMARTS) is 1. The number of carbonyl (C=O) groups is 1. The summed E-state index contributed by atoms with van der Waals surface area (Å²) < 4.78 is 0. The predicted molar refractivity (Wildman–Crippen MR) is 67.6 cm³/mol. The van der Waals surface area contributed by atoms with Crippen LogP contribution >= 0.6 is 0 Å². The van der Waals surface area contributed by atoms with Gasteiger partial charge in [0, 0.05) is 6.54 Å². The molecule has 0 saturated heterocycles. The molecule has 96 valence electrons. The van der Waals surface area contributed by atoms with E-state index < -0.39 is 5.97 Å². The monoisotopic (exact) mass is 229 g/mol. The lowest BCUT2D eigenvalue weighted by Gasteiger charge is -2.29. The molecule has 0 unspecified atom stereocenters. The van der Waals surface area contributed by atoms with E-state index in [2.05, 4.69) is 25.8 Å². The molecule has 0 aliphatic heterocycles. The lowest BCUT2D eigenvalue weighted by atomic mass is 9.89. The smallest absolute Gasteiger partial charge is 0.303 e. The van der Waals surface area contributed by atoms with Crippen molar-refractivity contribution in [1.82, 2.24) is 4.90 Å². The van der Waals surface area contributed by atoms with Gasteiger partial charge in [-0.15, -0.1) is 0 Å². The molecule has 0 saturated carbocycles. The zero-order valence-electron chi connectivity index (χ0n) is 11.4. The van der Waals surface area contributed by atoms with E-state index in [-0.39, 0.29) is 11.8 Å². The summed E-state index contributed by atoms with van der Waals surface area (Å²) in [7, 11) is 2.07. The molecule has 0 amide bonds. The third-order valence-corrected chi connectivity index (χ3v) is 2.65. The fourth-order valence-electron chi connectivity index (χ4n) is 2.04. The van der Waals surface area contributed by atoms with Crippen molar-refractivity contribution in [3.05, 3.63) is 0 Å². The normalized spacial score (nSPS) is 12.4. The molecule has 0 aromatic rings. The second kappa shape index (κ2) is 6.89. The molecular formula is C13H27NO2. The number of aliphatic carboxylic acids is 1. The van der Waals surface area contributed by atoms with Gasteiger partial charge in [0.05, 0.1) is 6.42 Å². The van der Waals surface area contributed by atoms with Crippen LogP contribution in [0.5, 0.6) is 0 Å². The van der Waals surface area contributed by atoms with Crippen molar-refractivity contribution < 1.29 is 9.90 Å². The topological polar surface area (TPSA) is 40.5 Å². The standard InChI is InChI=1S/C13H27NO2/c1-11(2)7-6-8-14(5)10-13(3,4)9-12(15)16/h11H,6-10H2,1-5H3,(H,15,16). The molecule has 3 nitrogen and oxygen atoms in total. The molecule has 0 aliphatic rings. The Morgan fingerprint density at radius 1 is 1.38 bits per heavy atom. The van der Waals surface area contributed by atoms with Gasteiger partial charge in [-0.3, -0.25) is 4.79 Å². The molecular weight excluding hydrogens is 202 g/mol.